The van der Waals surface area contributed by atoms with Crippen LogP contribution in [0.5, 0.6) is 0 Å². The Kier molecular flexibility index (Phi) is 20.6. The summed E-state index contributed by atoms with van der Waals surface area (Å²) >= 11 is 41.4. The van der Waals surface area contributed by atoms with Crippen molar-refractivity contribution in [2.24, 2.45) is 42.9 Å². The lowest BCUT2D eigenvalue weighted by Crippen LogP contribution is -2.08. The second-order valence-corrected chi connectivity index (χ2v) is 19.4. The molecular formula is C44H36Cl6F2N8S4. The zero-order chi connectivity index (χ0) is 46.2. The lowest BCUT2D eigenvalue weighted by Gasteiger charge is -2.11. The first kappa shape index (κ1) is 51.2. The minimum Gasteiger partial charge on any atom is -0.378 e. The van der Waals surface area contributed by atoms with Crippen LogP contribution in [0.2, 0.25) is 30.1 Å². The average molecular weight is 1060 g/mol. The molecule has 6 aromatic carbocycles. The molecular weight excluding hydrogens is 1020 g/mol. The largest absolute Gasteiger partial charge is 0.378 e. The molecule has 0 aliphatic rings. The van der Waals surface area contributed by atoms with E-state index in [-0.39, 0.29) is 10.0 Å². The topological polar surface area (TPSA) is 154 Å². The summed E-state index contributed by atoms with van der Waals surface area (Å²) in [4.78, 5) is 17.3. The Morgan fingerprint density at radius 2 is 0.672 bits per heavy atom. The summed E-state index contributed by atoms with van der Waals surface area (Å²) in [5.74, 6) is 1.31. The lowest BCUT2D eigenvalue weighted by atomic mass is 10.1. The molecule has 6 rings (SSSR count). The zero-order valence-electron chi connectivity index (χ0n) is 33.1. The second-order valence-electron chi connectivity index (χ2n) is 12.9. The van der Waals surface area contributed by atoms with E-state index in [1.165, 1.54) is 83.4 Å². The molecule has 6 aromatic rings. The van der Waals surface area contributed by atoms with E-state index in [4.69, 9.17) is 92.5 Å². The van der Waals surface area contributed by atoms with E-state index in [0.29, 0.717) is 75.1 Å². The minimum atomic E-state index is -0.506. The number of thioether (sulfide) groups is 4. The highest BCUT2D eigenvalue weighted by Gasteiger charge is 2.12. The highest BCUT2D eigenvalue weighted by atomic mass is 35.5. The number of rotatable bonds is 12. The first-order valence-electron chi connectivity index (χ1n) is 18.4. The Hall–Kier alpha value is -3.80. The van der Waals surface area contributed by atoms with Gasteiger partial charge in [-0.2, -0.15) is 0 Å². The van der Waals surface area contributed by atoms with E-state index in [0.717, 1.165) is 33.6 Å². The molecule has 0 fully saturated rings. The SMILES string of the molecule is NC(=Nc1ccc(Cl)cc1)SCc1cc(Cl)c(Cl)cc1CSC(N)=Nc1ccc(Cl)cc1.NC(=Nc1ccc(F)c(Cl)c1)SCc1ccccc1CSC(N)=Nc1ccc(F)c(Cl)c1. The number of aliphatic imine (C=N–C) groups is 4. The van der Waals surface area contributed by atoms with Gasteiger partial charge in [0, 0.05) is 33.1 Å². The van der Waals surface area contributed by atoms with Gasteiger partial charge in [0.25, 0.3) is 0 Å². The Labute approximate surface area is 416 Å². The molecule has 0 atom stereocenters. The van der Waals surface area contributed by atoms with Crippen LogP contribution in [0.25, 0.3) is 0 Å². The van der Waals surface area contributed by atoms with Crippen LogP contribution >= 0.6 is 117 Å². The van der Waals surface area contributed by atoms with Crippen LogP contribution in [0.3, 0.4) is 0 Å². The molecule has 0 spiro atoms. The van der Waals surface area contributed by atoms with E-state index in [1.807, 2.05) is 36.4 Å². The Morgan fingerprint density at radius 1 is 0.375 bits per heavy atom. The van der Waals surface area contributed by atoms with Crippen molar-refractivity contribution in [1.29, 1.82) is 0 Å². The van der Waals surface area contributed by atoms with E-state index in [2.05, 4.69) is 20.0 Å². The fraction of sp³-hybridized carbons (Fsp3) is 0.0909. The summed E-state index contributed by atoms with van der Waals surface area (Å²) in [6.45, 7) is 0. The molecule has 0 amide bonds. The van der Waals surface area contributed by atoms with Gasteiger partial charge < -0.3 is 22.9 Å². The fourth-order valence-corrected chi connectivity index (χ4v) is 9.09. The maximum atomic E-state index is 13.3. The standard InChI is InChI=1S/C22H18Cl4N4S2.C22H18Cl2F2N4S2/c23-15-1-5-17(6-2-15)29-21(27)31-11-13-9-19(25)20(26)10-14(13)12-32-22(28)30-18-7-3-16(24)4-8-18;23-17-9-15(5-7-19(17)25)29-21(27)31-11-13-3-1-2-4-14(13)12-32-22(28)30-16-6-8-20(26)18(24)10-16/h2*1-10H,11-12H2,(H2,27,29)(H2,28,30). The predicted octanol–water partition coefficient (Wildman–Crippen LogP) is 15.1. The summed E-state index contributed by atoms with van der Waals surface area (Å²) in [5.41, 5.74) is 30.8. The van der Waals surface area contributed by atoms with Crippen LogP contribution in [0.15, 0.2) is 141 Å². The van der Waals surface area contributed by atoms with E-state index < -0.39 is 11.6 Å². The summed E-state index contributed by atoms with van der Waals surface area (Å²) in [6.07, 6.45) is 0. The van der Waals surface area contributed by atoms with Crippen molar-refractivity contribution in [1.82, 2.24) is 0 Å². The van der Waals surface area contributed by atoms with Crippen LogP contribution in [0.1, 0.15) is 22.3 Å². The van der Waals surface area contributed by atoms with Crippen molar-refractivity contribution in [3.63, 3.8) is 0 Å². The van der Waals surface area contributed by atoms with Gasteiger partial charge in [0.2, 0.25) is 0 Å². The third kappa shape index (κ3) is 17.2. The summed E-state index contributed by atoms with van der Waals surface area (Å²) < 4.78 is 26.6. The van der Waals surface area contributed by atoms with E-state index >= 15 is 0 Å². The number of halogens is 8. The van der Waals surface area contributed by atoms with Crippen molar-refractivity contribution in [2.75, 3.05) is 0 Å². The minimum absolute atomic E-state index is 0.00594. The quantitative estimate of drug-likeness (QED) is 0.0698. The van der Waals surface area contributed by atoms with Crippen molar-refractivity contribution in [3.05, 3.63) is 185 Å². The number of nitrogens with zero attached hydrogens (tertiary/aromatic N) is 4. The first-order valence-corrected chi connectivity index (χ1v) is 24.7. The Bertz CT molecular complexity index is 2490. The van der Waals surface area contributed by atoms with Gasteiger partial charge in [-0.1, -0.05) is 141 Å². The third-order valence-electron chi connectivity index (χ3n) is 8.28. The zero-order valence-corrected chi connectivity index (χ0v) is 40.9. The summed E-state index contributed by atoms with van der Waals surface area (Å²) in [6, 6.07) is 34.2. The van der Waals surface area contributed by atoms with Crippen molar-refractivity contribution >= 4 is 160 Å². The number of hydrogen-bond acceptors (Lipinski definition) is 8. The second kappa shape index (κ2) is 25.8. The average Bonchev–Trinajstić information content (AvgIpc) is 3.26. The molecule has 0 saturated carbocycles. The first-order chi connectivity index (χ1) is 30.6. The van der Waals surface area contributed by atoms with Gasteiger partial charge in [0.15, 0.2) is 20.7 Å². The molecule has 0 aliphatic heterocycles. The van der Waals surface area contributed by atoms with Gasteiger partial charge in [0.1, 0.15) is 11.6 Å². The van der Waals surface area contributed by atoms with E-state index in [9.17, 15) is 8.78 Å². The van der Waals surface area contributed by atoms with Crippen LogP contribution < -0.4 is 22.9 Å². The Balaban J connectivity index is 0.000000241. The molecule has 0 unspecified atom stereocenters. The Morgan fingerprint density at radius 3 is 1.00 bits per heavy atom. The molecule has 20 heteroatoms. The molecule has 64 heavy (non-hydrogen) atoms. The van der Waals surface area contributed by atoms with Crippen LogP contribution in [-0.2, 0) is 23.0 Å². The maximum absolute atomic E-state index is 13.3. The molecule has 0 radical (unpaired) electrons. The van der Waals surface area contributed by atoms with Gasteiger partial charge in [-0.3, -0.25) is 0 Å². The number of amidine groups is 4. The predicted molar refractivity (Wildman–Crippen MR) is 279 cm³/mol. The van der Waals surface area contributed by atoms with Gasteiger partial charge in [-0.25, -0.2) is 28.8 Å². The molecule has 332 valence electrons. The fourth-order valence-electron chi connectivity index (χ4n) is 5.12. The molecule has 0 aromatic heterocycles. The summed E-state index contributed by atoms with van der Waals surface area (Å²) in [7, 11) is 0. The molecule has 0 heterocycles. The number of benzene rings is 6. The molecule has 0 saturated heterocycles. The van der Waals surface area contributed by atoms with Crippen molar-refractivity contribution in [2.45, 2.75) is 23.0 Å². The normalized spacial score (nSPS) is 12.2. The van der Waals surface area contributed by atoms with Gasteiger partial charge in [-0.05, 0) is 119 Å². The molecule has 0 aliphatic carbocycles. The van der Waals surface area contributed by atoms with Gasteiger partial charge >= 0.3 is 0 Å². The van der Waals surface area contributed by atoms with Crippen molar-refractivity contribution < 1.29 is 8.78 Å². The van der Waals surface area contributed by atoms with Gasteiger partial charge in [-0.15, -0.1) is 0 Å². The molecule has 0 bridgehead atoms. The monoisotopic (exact) mass is 1050 g/mol. The third-order valence-corrected chi connectivity index (χ3v) is 13.5. The van der Waals surface area contributed by atoms with Crippen LogP contribution in [0, 0.1) is 11.6 Å². The van der Waals surface area contributed by atoms with Crippen LogP contribution in [-0.4, -0.2) is 20.7 Å². The maximum Gasteiger partial charge on any atom is 0.159 e. The van der Waals surface area contributed by atoms with Gasteiger partial charge in [0.05, 0.1) is 42.8 Å². The number of nitrogens with two attached hydrogens (primary N) is 4. The van der Waals surface area contributed by atoms with E-state index in [1.54, 1.807) is 48.5 Å². The number of hydrogen-bond donors (Lipinski definition) is 4. The highest BCUT2D eigenvalue weighted by Crippen LogP contribution is 2.32. The van der Waals surface area contributed by atoms with Crippen molar-refractivity contribution in [3.8, 4) is 0 Å². The molecule has 8 N–H and O–H groups in total. The lowest BCUT2D eigenvalue weighted by molar-refractivity contribution is 0.628. The van der Waals surface area contributed by atoms with Crippen LogP contribution in [0.4, 0.5) is 31.5 Å². The summed E-state index contributed by atoms with van der Waals surface area (Å²) in [5, 5.41) is 3.77. The smallest absolute Gasteiger partial charge is 0.159 e. The highest BCUT2D eigenvalue weighted by molar-refractivity contribution is 8.14. The molecule has 8 nitrogen and oxygen atoms in total.